The van der Waals surface area contributed by atoms with Gasteiger partial charge in [0.05, 0.1) is 11.6 Å². The van der Waals surface area contributed by atoms with Crippen molar-refractivity contribution in [2.45, 2.75) is 27.7 Å². The summed E-state index contributed by atoms with van der Waals surface area (Å²) in [6, 6.07) is 6.06. The molecule has 88 valence electrons. The van der Waals surface area contributed by atoms with Gasteiger partial charge in [0.2, 0.25) is 0 Å². The standard InChI is InChI=1S/C13H19NOS/c1-9-5-6-11(7-10(9)2)15-8-13(3,4)12(14)16/h5-7H,8H2,1-4H3,(H2,14,16). The number of thiocarbonyl (C=S) groups is 1. The molecule has 3 heteroatoms. The van der Waals surface area contributed by atoms with E-state index in [1.54, 1.807) is 0 Å². The zero-order valence-electron chi connectivity index (χ0n) is 10.3. The van der Waals surface area contributed by atoms with Gasteiger partial charge in [-0.05, 0) is 37.1 Å². The molecule has 2 N–H and O–H groups in total. The van der Waals surface area contributed by atoms with Gasteiger partial charge in [-0.1, -0.05) is 32.1 Å². The van der Waals surface area contributed by atoms with Crippen molar-refractivity contribution in [2.75, 3.05) is 6.61 Å². The molecule has 0 amide bonds. The molecule has 0 saturated heterocycles. The third-order valence-electron chi connectivity index (χ3n) is 2.75. The van der Waals surface area contributed by atoms with Crippen LogP contribution in [0.4, 0.5) is 0 Å². The van der Waals surface area contributed by atoms with Crippen LogP contribution in [-0.4, -0.2) is 11.6 Å². The van der Waals surface area contributed by atoms with Gasteiger partial charge < -0.3 is 10.5 Å². The van der Waals surface area contributed by atoms with Crippen LogP contribution < -0.4 is 10.5 Å². The first-order valence-electron chi connectivity index (χ1n) is 5.33. The molecule has 0 bridgehead atoms. The molecule has 0 aliphatic heterocycles. The number of aryl methyl sites for hydroxylation is 2. The fraction of sp³-hybridized carbons (Fsp3) is 0.462. The SMILES string of the molecule is Cc1ccc(OCC(C)(C)C(N)=S)cc1C. The molecule has 0 saturated carbocycles. The minimum atomic E-state index is -0.270. The van der Waals surface area contributed by atoms with E-state index in [0.717, 1.165) is 5.75 Å². The first-order valence-corrected chi connectivity index (χ1v) is 5.74. The molecule has 2 nitrogen and oxygen atoms in total. The Bertz CT molecular complexity index is 399. The smallest absolute Gasteiger partial charge is 0.119 e. The predicted octanol–water partition coefficient (Wildman–Crippen LogP) is 2.99. The first kappa shape index (κ1) is 13.0. The van der Waals surface area contributed by atoms with Crippen LogP contribution in [0.1, 0.15) is 25.0 Å². The first-order chi connectivity index (χ1) is 7.33. The molecule has 1 rings (SSSR count). The summed E-state index contributed by atoms with van der Waals surface area (Å²) in [4.78, 5) is 0.483. The largest absolute Gasteiger partial charge is 0.493 e. The van der Waals surface area contributed by atoms with Crippen LogP contribution in [0.15, 0.2) is 18.2 Å². The molecule has 1 aromatic rings. The molecule has 0 aromatic heterocycles. The van der Waals surface area contributed by atoms with E-state index in [4.69, 9.17) is 22.7 Å². The molecule has 0 spiro atoms. The molecular formula is C13H19NOS. The van der Waals surface area contributed by atoms with Crippen molar-refractivity contribution in [1.29, 1.82) is 0 Å². The number of rotatable bonds is 4. The Balaban J connectivity index is 2.68. The average Bonchev–Trinajstić information content (AvgIpc) is 2.20. The van der Waals surface area contributed by atoms with Crippen molar-refractivity contribution in [2.24, 2.45) is 11.1 Å². The van der Waals surface area contributed by atoms with Gasteiger partial charge in [0.15, 0.2) is 0 Å². The quantitative estimate of drug-likeness (QED) is 0.818. The van der Waals surface area contributed by atoms with Gasteiger partial charge in [-0.2, -0.15) is 0 Å². The molecular weight excluding hydrogens is 218 g/mol. The maximum absolute atomic E-state index is 5.70. The third-order valence-corrected chi connectivity index (χ3v) is 3.30. The van der Waals surface area contributed by atoms with Gasteiger partial charge >= 0.3 is 0 Å². The summed E-state index contributed by atoms with van der Waals surface area (Å²) in [5.41, 5.74) is 7.86. The lowest BCUT2D eigenvalue weighted by molar-refractivity contribution is 0.236. The summed E-state index contributed by atoms with van der Waals surface area (Å²) in [6.45, 7) is 8.62. The highest BCUT2D eigenvalue weighted by Gasteiger charge is 2.22. The van der Waals surface area contributed by atoms with E-state index in [9.17, 15) is 0 Å². The average molecular weight is 237 g/mol. The fourth-order valence-electron chi connectivity index (χ4n) is 1.14. The highest BCUT2D eigenvalue weighted by atomic mass is 32.1. The van der Waals surface area contributed by atoms with Crippen molar-refractivity contribution in [1.82, 2.24) is 0 Å². The van der Waals surface area contributed by atoms with Gasteiger partial charge in [0, 0.05) is 5.41 Å². The second-order valence-corrected chi connectivity index (χ2v) is 5.22. The summed E-state index contributed by atoms with van der Waals surface area (Å²) in [5.74, 6) is 0.868. The second-order valence-electron chi connectivity index (χ2n) is 4.78. The molecule has 0 radical (unpaired) electrons. The van der Waals surface area contributed by atoms with Crippen molar-refractivity contribution < 1.29 is 4.74 Å². The van der Waals surface area contributed by atoms with Crippen LogP contribution in [-0.2, 0) is 0 Å². The molecule has 0 unspecified atom stereocenters. The number of benzene rings is 1. The van der Waals surface area contributed by atoms with Crippen molar-refractivity contribution >= 4 is 17.2 Å². The van der Waals surface area contributed by atoms with Crippen molar-refractivity contribution in [3.05, 3.63) is 29.3 Å². The van der Waals surface area contributed by atoms with E-state index in [2.05, 4.69) is 19.9 Å². The maximum Gasteiger partial charge on any atom is 0.119 e. The van der Waals surface area contributed by atoms with E-state index < -0.39 is 0 Å². The Morgan fingerprint density at radius 3 is 2.44 bits per heavy atom. The Morgan fingerprint density at radius 2 is 1.94 bits per heavy atom. The number of hydrogen-bond acceptors (Lipinski definition) is 2. The lowest BCUT2D eigenvalue weighted by atomic mass is 9.95. The predicted molar refractivity (Wildman–Crippen MR) is 72.0 cm³/mol. The minimum absolute atomic E-state index is 0.270. The van der Waals surface area contributed by atoms with Crippen LogP contribution in [0.5, 0.6) is 5.75 Å². The van der Waals surface area contributed by atoms with Gasteiger partial charge in [-0.15, -0.1) is 0 Å². The van der Waals surface area contributed by atoms with Gasteiger partial charge in [-0.25, -0.2) is 0 Å². The van der Waals surface area contributed by atoms with Crippen LogP contribution >= 0.6 is 12.2 Å². The Kier molecular flexibility index (Phi) is 3.92. The van der Waals surface area contributed by atoms with Crippen molar-refractivity contribution in [3.63, 3.8) is 0 Å². The lowest BCUT2D eigenvalue weighted by Crippen LogP contribution is -2.35. The molecule has 0 fully saturated rings. The molecule has 0 heterocycles. The normalized spacial score (nSPS) is 11.2. The second kappa shape index (κ2) is 4.83. The maximum atomic E-state index is 5.70. The number of ether oxygens (including phenoxy) is 1. The van der Waals surface area contributed by atoms with E-state index in [0.29, 0.717) is 11.6 Å². The van der Waals surface area contributed by atoms with E-state index in [1.165, 1.54) is 11.1 Å². The monoisotopic (exact) mass is 237 g/mol. The Hall–Kier alpha value is -1.09. The zero-order valence-corrected chi connectivity index (χ0v) is 11.1. The number of nitrogens with two attached hydrogens (primary N) is 1. The summed E-state index contributed by atoms with van der Waals surface area (Å²) in [7, 11) is 0. The summed E-state index contributed by atoms with van der Waals surface area (Å²) < 4.78 is 5.70. The molecule has 0 aliphatic carbocycles. The zero-order chi connectivity index (χ0) is 12.3. The molecule has 1 aromatic carbocycles. The molecule has 0 atom stereocenters. The fourth-order valence-corrected chi connectivity index (χ4v) is 1.20. The summed E-state index contributed by atoms with van der Waals surface area (Å²) >= 11 is 4.99. The van der Waals surface area contributed by atoms with Gasteiger partial charge in [0.25, 0.3) is 0 Å². The van der Waals surface area contributed by atoms with E-state index in [1.807, 2.05) is 26.0 Å². The van der Waals surface area contributed by atoms with Crippen LogP contribution in [0.2, 0.25) is 0 Å². The summed E-state index contributed by atoms with van der Waals surface area (Å²) in [5, 5.41) is 0. The van der Waals surface area contributed by atoms with Crippen LogP contribution in [0.3, 0.4) is 0 Å². The lowest BCUT2D eigenvalue weighted by Gasteiger charge is -2.23. The highest BCUT2D eigenvalue weighted by Crippen LogP contribution is 2.21. The molecule has 16 heavy (non-hydrogen) atoms. The summed E-state index contributed by atoms with van der Waals surface area (Å²) in [6.07, 6.45) is 0. The highest BCUT2D eigenvalue weighted by molar-refractivity contribution is 7.80. The third kappa shape index (κ3) is 3.20. The van der Waals surface area contributed by atoms with E-state index >= 15 is 0 Å². The van der Waals surface area contributed by atoms with E-state index in [-0.39, 0.29) is 5.41 Å². The van der Waals surface area contributed by atoms with Crippen LogP contribution in [0.25, 0.3) is 0 Å². The van der Waals surface area contributed by atoms with Gasteiger partial charge in [-0.3, -0.25) is 0 Å². The van der Waals surface area contributed by atoms with Crippen LogP contribution in [0, 0.1) is 19.3 Å². The van der Waals surface area contributed by atoms with Crippen molar-refractivity contribution in [3.8, 4) is 5.75 Å². The topological polar surface area (TPSA) is 35.2 Å². The Labute approximate surface area is 103 Å². The number of hydrogen-bond donors (Lipinski definition) is 1. The Morgan fingerprint density at radius 1 is 1.31 bits per heavy atom. The minimum Gasteiger partial charge on any atom is -0.493 e. The van der Waals surface area contributed by atoms with Gasteiger partial charge in [0.1, 0.15) is 5.75 Å². The molecule has 0 aliphatic rings.